The largest absolute Gasteiger partial charge is 0.390 e. The fraction of sp³-hybridized carbons (Fsp3) is 1.00. The average molecular weight is 186 g/mol. The van der Waals surface area contributed by atoms with Gasteiger partial charge in [-0.05, 0) is 20.3 Å². The molecule has 0 radical (unpaired) electrons. The number of quaternary nitrogens is 1. The highest BCUT2D eigenvalue weighted by Crippen LogP contribution is 2.32. The fourth-order valence-corrected chi connectivity index (χ4v) is 2.73. The molecule has 13 heavy (non-hydrogen) atoms. The summed E-state index contributed by atoms with van der Waals surface area (Å²) >= 11 is 0. The first-order valence-electron chi connectivity index (χ1n) is 5.24. The third-order valence-electron chi connectivity index (χ3n) is 3.08. The van der Waals surface area contributed by atoms with Crippen molar-refractivity contribution in [3.8, 4) is 0 Å². The molecule has 1 saturated heterocycles. The zero-order valence-corrected chi connectivity index (χ0v) is 9.67. The third-order valence-corrected chi connectivity index (χ3v) is 3.08. The summed E-state index contributed by atoms with van der Waals surface area (Å²) in [5.74, 6) is 1.44. The molecule has 0 aliphatic carbocycles. The Morgan fingerprint density at radius 2 is 1.85 bits per heavy atom. The Kier molecular flexibility index (Phi) is 2.75. The van der Waals surface area contributed by atoms with E-state index in [1.807, 2.05) is 13.8 Å². The molecule has 0 aromatic rings. The highest BCUT2D eigenvalue weighted by atomic mass is 16.3. The van der Waals surface area contributed by atoms with Crippen molar-refractivity contribution in [2.75, 3.05) is 27.2 Å². The van der Waals surface area contributed by atoms with Crippen molar-refractivity contribution >= 4 is 0 Å². The maximum Gasteiger partial charge on any atom is 0.0817 e. The van der Waals surface area contributed by atoms with Crippen molar-refractivity contribution in [1.82, 2.24) is 0 Å². The molecule has 78 valence electrons. The molecule has 2 nitrogen and oxygen atoms in total. The number of nitrogens with zero attached hydrogens (tertiary/aromatic N) is 1. The third kappa shape index (κ3) is 3.28. The Labute approximate surface area is 82.1 Å². The summed E-state index contributed by atoms with van der Waals surface area (Å²) in [7, 11) is 4.56. The average Bonchev–Trinajstić information content (AvgIpc) is 2.00. The van der Waals surface area contributed by atoms with Crippen molar-refractivity contribution in [3.63, 3.8) is 0 Å². The van der Waals surface area contributed by atoms with Crippen LogP contribution in [0.2, 0.25) is 0 Å². The van der Waals surface area contributed by atoms with E-state index in [1.165, 1.54) is 13.1 Å². The van der Waals surface area contributed by atoms with Crippen LogP contribution in [0.4, 0.5) is 0 Å². The van der Waals surface area contributed by atoms with Gasteiger partial charge in [0, 0.05) is 11.8 Å². The highest BCUT2D eigenvalue weighted by Gasteiger charge is 2.39. The van der Waals surface area contributed by atoms with Crippen molar-refractivity contribution < 1.29 is 9.59 Å². The molecule has 0 bridgehead atoms. The first-order chi connectivity index (χ1) is 5.70. The molecular weight excluding hydrogens is 162 g/mol. The lowest BCUT2D eigenvalue weighted by atomic mass is 9.87. The van der Waals surface area contributed by atoms with Crippen LogP contribution in [0.15, 0.2) is 0 Å². The zero-order valence-electron chi connectivity index (χ0n) is 9.67. The zero-order chi connectivity index (χ0) is 10.3. The molecule has 1 N–H and O–H groups in total. The number of likely N-dealkylation sites (tertiary alicyclic amines) is 1. The summed E-state index contributed by atoms with van der Waals surface area (Å²) in [6.07, 6.45) is 0.940. The summed E-state index contributed by atoms with van der Waals surface area (Å²) in [4.78, 5) is 0. The van der Waals surface area contributed by atoms with Crippen molar-refractivity contribution in [2.45, 2.75) is 32.8 Å². The Balaban J connectivity index is 2.54. The second-order valence-corrected chi connectivity index (χ2v) is 6.05. The second kappa shape index (κ2) is 3.25. The predicted octanol–water partition coefficient (Wildman–Crippen LogP) is 1.49. The van der Waals surface area contributed by atoms with Gasteiger partial charge in [-0.2, -0.15) is 0 Å². The first-order valence-corrected chi connectivity index (χ1v) is 5.24. The SMILES string of the molecule is C[C@H]1C[N+](C)(C)C[C@H]1CC(C)(C)O. The number of rotatable bonds is 2. The first kappa shape index (κ1) is 11.0. The van der Waals surface area contributed by atoms with Crippen LogP contribution in [0.25, 0.3) is 0 Å². The van der Waals surface area contributed by atoms with E-state index < -0.39 is 5.60 Å². The molecule has 0 aromatic carbocycles. The molecule has 0 spiro atoms. The maximum absolute atomic E-state index is 9.76. The molecule has 0 unspecified atom stereocenters. The van der Waals surface area contributed by atoms with Crippen LogP contribution >= 0.6 is 0 Å². The van der Waals surface area contributed by atoms with Crippen molar-refractivity contribution in [3.05, 3.63) is 0 Å². The van der Waals surface area contributed by atoms with E-state index in [2.05, 4.69) is 21.0 Å². The van der Waals surface area contributed by atoms with Crippen molar-refractivity contribution in [1.29, 1.82) is 0 Å². The van der Waals surface area contributed by atoms with Gasteiger partial charge in [-0.15, -0.1) is 0 Å². The molecule has 2 atom stereocenters. The summed E-state index contributed by atoms with van der Waals surface area (Å²) < 4.78 is 1.11. The van der Waals surface area contributed by atoms with Gasteiger partial charge in [0.15, 0.2) is 0 Å². The molecule has 1 aliphatic rings. The quantitative estimate of drug-likeness (QED) is 0.648. The van der Waals surface area contributed by atoms with Crippen LogP contribution in [0.1, 0.15) is 27.2 Å². The summed E-state index contributed by atoms with van der Waals surface area (Å²) in [5, 5.41) is 9.76. The van der Waals surface area contributed by atoms with E-state index in [4.69, 9.17) is 0 Å². The summed E-state index contributed by atoms with van der Waals surface area (Å²) in [6, 6.07) is 0. The minimum absolute atomic E-state index is 0.497. The topological polar surface area (TPSA) is 20.2 Å². The fourth-order valence-electron chi connectivity index (χ4n) is 2.73. The van der Waals surface area contributed by atoms with E-state index in [0.29, 0.717) is 5.92 Å². The van der Waals surface area contributed by atoms with Crippen LogP contribution < -0.4 is 0 Å². The van der Waals surface area contributed by atoms with Gasteiger partial charge in [0.05, 0.1) is 32.8 Å². The second-order valence-electron chi connectivity index (χ2n) is 6.05. The van der Waals surface area contributed by atoms with Gasteiger partial charge in [-0.1, -0.05) is 6.92 Å². The molecule has 0 amide bonds. The standard InChI is InChI=1S/C11H24NO/c1-9-7-12(4,5)8-10(9)6-11(2,3)13/h9-10,13H,6-8H2,1-5H3/q+1/t9-,10+/m0/s1. The van der Waals surface area contributed by atoms with E-state index in [-0.39, 0.29) is 0 Å². The van der Waals surface area contributed by atoms with Crippen LogP contribution in [0.5, 0.6) is 0 Å². The van der Waals surface area contributed by atoms with Gasteiger partial charge in [0.2, 0.25) is 0 Å². The lowest BCUT2D eigenvalue weighted by molar-refractivity contribution is -0.880. The minimum atomic E-state index is -0.497. The molecule has 1 aliphatic heterocycles. The van der Waals surface area contributed by atoms with Crippen LogP contribution in [0, 0.1) is 11.8 Å². The lowest BCUT2D eigenvalue weighted by Gasteiger charge is -2.25. The van der Waals surface area contributed by atoms with Gasteiger partial charge in [0.1, 0.15) is 0 Å². The number of hydrogen-bond acceptors (Lipinski definition) is 1. The molecule has 1 heterocycles. The van der Waals surface area contributed by atoms with E-state index >= 15 is 0 Å². The molecule has 1 rings (SSSR count). The molecule has 0 saturated carbocycles. The van der Waals surface area contributed by atoms with E-state index in [9.17, 15) is 5.11 Å². The summed E-state index contributed by atoms with van der Waals surface area (Å²) in [6.45, 7) is 8.60. The van der Waals surface area contributed by atoms with Gasteiger partial charge < -0.3 is 9.59 Å². The van der Waals surface area contributed by atoms with Crippen LogP contribution in [-0.2, 0) is 0 Å². The van der Waals surface area contributed by atoms with Gasteiger partial charge in [0.25, 0.3) is 0 Å². The van der Waals surface area contributed by atoms with E-state index in [1.54, 1.807) is 0 Å². The molecule has 2 heteroatoms. The smallest absolute Gasteiger partial charge is 0.0817 e. The van der Waals surface area contributed by atoms with Gasteiger partial charge in [-0.3, -0.25) is 0 Å². The molecular formula is C11H24NO+. The number of aliphatic hydroxyl groups is 1. The minimum Gasteiger partial charge on any atom is -0.390 e. The summed E-state index contributed by atoms with van der Waals surface area (Å²) in [5.41, 5.74) is -0.497. The van der Waals surface area contributed by atoms with Gasteiger partial charge in [-0.25, -0.2) is 0 Å². The van der Waals surface area contributed by atoms with Crippen molar-refractivity contribution in [2.24, 2.45) is 11.8 Å². The molecule has 0 aromatic heterocycles. The van der Waals surface area contributed by atoms with Gasteiger partial charge >= 0.3 is 0 Å². The van der Waals surface area contributed by atoms with Crippen LogP contribution in [0.3, 0.4) is 0 Å². The maximum atomic E-state index is 9.76. The lowest BCUT2D eigenvalue weighted by Crippen LogP contribution is -2.37. The predicted molar refractivity (Wildman–Crippen MR) is 55.4 cm³/mol. The van der Waals surface area contributed by atoms with Crippen LogP contribution in [-0.4, -0.2) is 42.4 Å². The Morgan fingerprint density at radius 3 is 2.15 bits per heavy atom. The highest BCUT2D eigenvalue weighted by molar-refractivity contribution is 4.79. The monoisotopic (exact) mass is 186 g/mol. The normalized spacial score (nSPS) is 33.7. The Bertz CT molecular complexity index is 181. The number of hydrogen-bond donors (Lipinski definition) is 1. The molecule has 1 fully saturated rings. The Hall–Kier alpha value is -0.0800. The van der Waals surface area contributed by atoms with E-state index in [0.717, 1.165) is 16.8 Å². The Morgan fingerprint density at radius 1 is 1.31 bits per heavy atom.